The summed E-state index contributed by atoms with van der Waals surface area (Å²) in [6, 6.07) is 8.04. The van der Waals surface area contributed by atoms with E-state index in [1.165, 1.54) is 30.3 Å². The average Bonchev–Trinajstić information content (AvgIpc) is 2.65. The maximum atomic E-state index is 12.0. The summed E-state index contributed by atoms with van der Waals surface area (Å²) in [5.41, 5.74) is -0.0837. The molecule has 0 aliphatic heterocycles. The predicted molar refractivity (Wildman–Crippen MR) is 102 cm³/mol. The number of aromatic hydroxyl groups is 1. The van der Waals surface area contributed by atoms with Crippen molar-refractivity contribution in [3.05, 3.63) is 42.0 Å². The molecule has 0 fully saturated rings. The molecule has 0 unspecified atom stereocenters. The number of amides is 2. The molecule has 0 saturated heterocycles. The molecule has 9 nitrogen and oxygen atoms in total. The van der Waals surface area contributed by atoms with Crippen molar-refractivity contribution in [1.82, 2.24) is 4.98 Å². The summed E-state index contributed by atoms with van der Waals surface area (Å²) in [5.74, 6) is -2.44. The number of rotatable bonds is 9. The number of carboxylic acid groups (broad SMARTS) is 1. The highest BCUT2D eigenvalue weighted by Gasteiger charge is 2.12. The van der Waals surface area contributed by atoms with Crippen molar-refractivity contribution in [2.75, 3.05) is 17.7 Å². The van der Waals surface area contributed by atoms with Gasteiger partial charge in [-0.25, -0.2) is 4.79 Å². The monoisotopic (exact) mass is 390 g/mol. The number of carbonyl (C=O) groups is 3. The Bertz CT molecular complexity index is 965. The van der Waals surface area contributed by atoms with Gasteiger partial charge < -0.3 is 25.6 Å². The predicted octanol–water partition coefficient (Wildman–Crippen LogP) is 2.63. The SMILES string of the molecule is [2H]C([2H])([2H])Oc1cccc(NC(=O)CCCCC(=O)Nc2ccc(O)c(C(=O)O)c2)n1. The van der Waals surface area contributed by atoms with E-state index in [1.807, 2.05) is 0 Å². The van der Waals surface area contributed by atoms with Gasteiger partial charge in [0, 0.05) is 24.6 Å². The minimum absolute atomic E-state index is 0.108. The molecule has 9 heteroatoms. The average molecular weight is 390 g/mol. The van der Waals surface area contributed by atoms with Crippen molar-refractivity contribution in [2.45, 2.75) is 25.7 Å². The van der Waals surface area contributed by atoms with Crippen LogP contribution in [0.1, 0.15) is 40.2 Å². The van der Waals surface area contributed by atoms with Gasteiger partial charge >= 0.3 is 5.97 Å². The lowest BCUT2D eigenvalue weighted by Gasteiger charge is -2.08. The number of benzene rings is 1. The van der Waals surface area contributed by atoms with Crippen LogP contribution in [0.4, 0.5) is 11.5 Å². The number of carbonyl (C=O) groups excluding carboxylic acids is 2. The molecule has 2 amide bonds. The maximum absolute atomic E-state index is 12.0. The molecular weight excluding hydrogens is 366 g/mol. The van der Waals surface area contributed by atoms with Crippen LogP contribution < -0.4 is 15.4 Å². The lowest BCUT2D eigenvalue weighted by atomic mass is 10.1. The number of aromatic nitrogens is 1. The summed E-state index contributed by atoms with van der Waals surface area (Å²) in [6.45, 7) is 0. The topological polar surface area (TPSA) is 138 Å². The molecule has 148 valence electrons. The number of hydrogen-bond donors (Lipinski definition) is 4. The van der Waals surface area contributed by atoms with Gasteiger partial charge in [0.2, 0.25) is 17.7 Å². The number of aromatic carboxylic acids is 1. The van der Waals surface area contributed by atoms with E-state index in [0.29, 0.717) is 12.8 Å². The van der Waals surface area contributed by atoms with E-state index < -0.39 is 18.8 Å². The van der Waals surface area contributed by atoms with Gasteiger partial charge in [0.15, 0.2) is 0 Å². The van der Waals surface area contributed by atoms with E-state index in [2.05, 4.69) is 20.4 Å². The zero-order chi connectivity index (χ0) is 23.0. The molecule has 0 spiro atoms. The number of nitrogens with zero attached hydrogens (tertiary/aromatic N) is 1. The van der Waals surface area contributed by atoms with Gasteiger partial charge in [-0.15, -0.1) is 0 Å². The smallest absolute Gasteiger partial charge is 0.339 e. The minimum Gasteiger partial charge on any atom is -0.507 e. The fourth-order valence-corrected chi connectivity index (χ4v) is 2.33. The Morgan fingerprint density at radius 2 is 1.82 bits per heavy atom. The molecule has 2 rings (SSSR count). The Labute approximate surface area is 165 Å². The van der Waals surface area contributed by atoms with Crippen molar-refractivity contribution < 1.29 is 33.4 Å². The van der Waals surface area contributed by atoms with Crippen molar-refractivity contribution in [1.29, 1.82) is 0 Å². The van der Waals surface area contributed by atoms with Crippen LogP contribution in [-0.4, -0.2) is 40.0 Å². The lowest BCUT2D eigenvalue weighted by Crippen LogP contribution is -2.14. The molecule has 0 bridgehead atoms. The Balaban J connectivity index is 1.74. The second-order valence-electron chi connectivity index (χ2n) is 5.80. The van der Waals surface area contributed by atoms with Crippen LogP contribution in [0.5, 0.6) is 11.6 Å². The molecule has 1 aromatic carbocycles. The first-order chi connectivity index (χ1) is 14.5. The summed E-state index contributed by atoms with van der Waals surface area (Å²) in [7, 11) is -2.65. The largest absolute Gasteiger partial charge is 0.507 e. The third kappa shape index (κ3) is 6.27. The molecule has 28 heavy (non-hydrogen) atoms. The number of hydrogen-bond acceptors (Lipinski definition) is 6. The van der Waals surface area contributed by atoms with Gasteiger partial charge in [0.25, 0.3) is 0 Å². The second-order valence-corrected chi connectivity index (χ2v) is 5.80. The van der Waals surface area contributed by atoms with Crippen LogP contribution >= 0.6 is 0 Å². The quantitative estimate of drug-likeness (QED) is 0.381. The third-order valence-electron chi connectivity index (χ3n) is 3.66. The molecule has 1 heterocycles. The molecule has 1 aromatic heterocycles. The van der Waals surface area contributed by atoms with Crippen molar-refractivity contribution in [3.8, 4) is 11.6 Å². The Morgan fingerprint density at radius 1 is 1.11 bits per heavy atom. The highest BCUT2D eigenvalue weighted by molar-refractivity contribution is 5.95. The summed E-state index contributed by atoms with van der Waals surface area (Å²) >= 11 is 0. The van der Waals surface area contributed by atoms with Crippen LogP contribution in [0, 0.1) is 0 Å². The van der Waals surface area contributed by atoms with Crippen LogP contribution in [0.3, 0.4) is 0 Å². The fraction of sp³-hybridized carbons (Fsp3) is 0.263. The third-order valence-corrected chi connectivity index (χ3v) is 3.66. The van der Waals surface area contributed by atoms with Crippen LogP contribution in [-0.2, 0) is 9.59 Å². The number of carboxylic acids is 1. The van der Waals surface area contributed by atoms with Crippen molar-refractivity contribution in [3.63, 3.8) is 0 Å². The van der Waals surface area contributed by atoms with Gasteiger partial charge in [-0.3, -0.25) is 9.59 Å². The van der Waals surface area contributed by atoms with E-state index >= 15 is 0 Å². The van der Waals surface area contributed by atoms with Crippen molar-refractivity contribution in [2.24, 2.45) is 0 Å². The summed E-state index contributed by atoms with van der Waals surface area (Å²) < 4.78 is 25.8. The zero-order valence-corrected chi connectivity index (χ0v) is 14.8. The summed E-state index contributed by atoms with van der Waals surface area (Å²) in [6.07, 6.45) is 1.03. The van der Waals surface area contributed by atoms with Gasteiger partial charge in [-0.2, -0.15) is 4.98 Å². The molecule has 0 aliphatic rings. The molecule has 0 radical (unpaired) electrons. The van der Waals surface area contributed by atoms with Crippen LogP contribution in [0.15, 0.2) is 36.4 Å². The Hall–Kier alpha value is -3.62. The van der Waals surface area contributed by atoms with E-state index in [0.717, 1.165) is 6.07 Å². The Morgan fingerprint density at radius 3 is 2.50 bits per heavy atom. The minimum atomic E-state index is -2.65. The molecular formula is C19H21N3O6. The van der Waals surface area contributed by atoms with Gasteiger partial charge in [-0.05, 0) is 37.1 Å². The molecule has 4 N–H and O–H groups in total. The first kappa shape index (κ1) is 16.5. The van der Waals surface area contributed by atoms with E-state index in [9.17, 15) is 19.5 Å². The molecule has 2 aromatic rings. The van der Waals surface area contributed by atoms with Gasteiger partial charge in [0.05, 0.1) is 11.2 Å². The fourth-order valence-electron chi connectivity index (χ4n) is 2.33. The highest BCUT2D eigenvalue weighted by atomic mass is 16.5. The van der Waals surface area contributed by atoms with Crippen molar-refractivity contribution >= 4 is 29.3 Å². The van der Waals surface area contributed by atoms with E-state index in [-0.39, 0.29) is 47.6 Å². The molecule has 0 saturated carbocycles. The number of ether oxygens (including phenoxy) is 1. The van der Waals surface area contributed by atoms with Crippen LogP contribution in [0.25, 0.3) is 0 Å². The summed E-state index contributed by atoms with van der Waals surface area (Å²) in [4.78, 5) is 38.9. The zero-order valence-electron chi connectivity index (χ0n) is 17.8. The summed E-state index contributed by atoms with van der Waals surface area (Å²) in [5, 5.41) is 23.5. The number of anilines is 2. The van der Waals surface area contributed by atoms with Crippen LogP contribution in [0.2, 0.25) is 0 Å². The van der Waals surface area contributed by atoms with E-state index in [4.69, 9.17) is 9.22 Å². The first-order valence-corrected chi connectivity index (χ1v) is 8.35. The maximum Gasteiger partial charge on any atom is 0.339 e. The number of nitrogens with one attached hydrogen (secondary N) is 2. The Kier molecular flexibility index (Phi) is 5.85. The normalized spacial score (nSPS) is 12.2. The number of pyridine rings is 1. The van der Waals surface area contributed by atoms with E-state index in [1.54, 1.807) is 0 Å². The number of unbranched alkanes of at least 4 members (excludes halogenated alkanes) is 1. The second kappa shape index (κ2) is 9.91. The van der Waals surface area contributed by atoms with Gasteiger partial charge in [-0.1, -0.05) is 6.07 Å². The highest BCUT2D eigenvalue weighted by Crippen LogP contribution is 2.21. The number of methoxy groups -OCH3 is 1. The van der Waals surface area contributed by atoms with Gasteiger partial charge in [0.1, 0.15) is 17.1 Å². The first-order valence-electron chi connectivity index (χ1n) is 9.85. The number of phenols is 1. The molecule has 0 aliphatic carbocycles. The molecule has 0 atom stereocenters. The lowest BCUT2D eigenvalue weighted by molar-refractivity contribution is -0.118. The standard InChI is InChI=1S/C19H21N3O6/c1-28-18-8-4-5-15(22-18)21-17(25)7-3-2-6-16(24)20-12-9-10-14(23)13(11-12)19(26)27/h4-5,8-11,23H,2-3,6-7H2,1H3,(H,20,24)(H,26,27)(H,21,22,25)/i1D3.